The summed E-state index contributed by atoms with van der Waals surface area (Å²) in [7, 11) is 0. The van der Waals surface area contributed by atoms with Crippen LogP contribution in [0.2, 0.25) is 0 Å². The van der Waals surface area contributed by atoms with E-state index in [0.29, 0.717) is 42.7 Å². The number of amidine groups is 1. The molecule has 7 nitrogen and oxygen atoms in total. The van der Waals surface area contributed by atoms with E-state index in [-0.39, 0.29) is 5.82 Å². The Hall–Kier alpha value is -3.55. The molecule has 166 valence electrons. The molecule has 0 amide bonds. The van der Waals surface area contributed by atoms with Gasteiger partial charge in [-0.1, -0.05) is 39.8 Å². The van der Waals surface area contributed by atoms with Gasteiger partial charge >= 0.3 is 0 Å². The molecule has 2 aromatic rings. The zero-order valence-electron chi connectivity index (χ0n) is 18.6. The number of halogens is 1. The highest BCUT2D eigenvalue weighted by molar-refractivity contribution is 6.35. The Labute approximate surface area is 183 Å². The number of anilines is 2. The second-order valence-electron chi connectivity index (χ2n) is 5.80. The van der Waals surface area contributed by atoms with Crippen molar-refractivity contribution in [1.82, 2.24) is 4.98 Å². The Morgan fingerprint density at radius 3 is 2.35 bits per heavy atom. The van der Waals surface area contributed by atoms with Crippen molar-refractivity contribution in [1.29, 1.82) is 5.41 Å². The summed E-state index contributed by atoms with van der Waals surface area (Å²) in [6.45, 7) is 9.78. The van der Waals surface area contributed by atoms with Gasteiger partial charge in [0.25, 0.3) is 0 Å². The molecule has 31 heavy (non-hydrogen) atoms. The van der Waals surface area contributed by atoms with Gasteiger partial charge in [-0.3, -0.25) is 9.98 Å². The molecule has 0 spiro atoms. The van der Waals surface area contributed by atoms with E-state index in [0.717, 1.165) is 11.1 Å². The number of nitrogens with one attached hydrogen (secondary N) is 3. The third-order valence-electron chi connectivity index (χ3n) is 3.86. The van der Waals surface area contributed by atoms with Crippen LogP contribution in [0.15, 0.2) is 52.6 Å². The molecular weight excluding hydrogens is 393 g/mol. The lowest BCUT2D eigenvalue weighted by molar-refractivity contribution is 0.627. The molecule has 1 aliphatic heterocycles. The van der Waals surface area contributed by atoms with Crippen LogP contribution in [0, 0.1) is 11.2 Å². The first-order chi connectivity index (χ1) is 15.2. The lowest BCUT2D eigenvalue weighted by Gasteiger charge is -2.13. The number of rotatable bonds is 6. The molecule has 0 aliphatic carbocycles. The number of nitrogens with zero attached hydrogens (tertiary/aromatic N) is 3. The minimum atomic E-state index is -0.274. The fraction of sp³-hybridized carbons (Fsp3) is 0.304. The van der Waals surface area contributed by atoms with E-state index in [1.54, 1.807) is 30.5 Å². The average Bonchev–Trinajstić information content (AvgIpc) is 2.83. The van der Waals surface area contributed by atoms with Crippen LogP contribution in [0.3, 0.4) is 0 Å². The van der Waals surface area contributed by atoms with Crippen LogP contribution >= 0.6 is 0 Å². The van der Waals surface area contributed by atoms with Crippen molar-refractivity contribution in [2.45, 2.75) is 34.2 Å². The third kappa shape index (κ3) is 8.38. The van der Waals surface area contributed by atoms with Crippen LogP contribution in [0.25, 0.3) is 5.57 Å². The maximum atomic E-state index is 13.0. The van der Waals surface area contributed by atoms with Crippen LogP contribution in [0.4, 0.5) is 16.0 Å². The van der Waals surface area contributed by atoms with Gasteiger partial charge in [0.2, 0.25) is 0 Å². The van der Waals surface area contributed by atoms with Crippen molar-refractivity contribution in [3.8, 4) is 0 Å². The first kappa shape index (κ1) is 25.5. The summed E-state index contributed by atoms with van der Waals surface area (Å²) in [5, 5.41) is 13.9. The van der Waals surface area contributed by atoms with Crippen molar-refractivity contribution in [3.63, 3.8) is 0 Å². The molecule has 0 unspecified atom stereocenters. The van der Waals surface area contributed by atoms with Crippen molar-refractivity contribution < 1.29 is 4.39 Å². The molecule has 3 rings (SSSR count). The molecule has 1 aromatic heterocycles. The van der Waals surface area contributed by atoms with Gasteiger partial charge in [-0.05, 0) is 35.4 Å². The van der Waals surface area contributed by atoms with E-state index in [2.05, 4.69) is 25.6 Å². The number of aromatic nitrogens is 1. The van der Waals surface area contributed by atoms with Crippen LogP contribution in [0.1, 0.15) is 38.8 Å². The first-order valence-corrected chi connectivity index (χ1v) is 10.4. The molecular formula is C23H32FN7. The van der Waals surface area contributed by atoms with E-state index >= 15 is 0 Å². The lowest BCUT2D eigenvalue weighted by atomic mass is 10.1. The van der Waals surface area contributed by atoms with Gasteiger partial charge in [0.1, 0.15) is 23.3 Å². The van der Waals surface area contributed by atoms with Crippen LogP contribution < -0.4 is 16.4 Å². The number of hydrogen-bond donors (Lipinski definition) is 4. The van der Waals surface area contributed by atoms with Gasteiger partial charge in [-0.2, -0.15) is 0 Å². The molecule has 0 bridgehead atoms. The van der Waals surface area contributed by atoms with E-state index in [1.807, 2.05) is 27.7 Å². The number of pyridine rings is 1. The Morgan fingerprint density at radius 2 is 1.77 bits per heavy atom. The molecule has 0 atom stereocenters. The Balaban J connectivity index is 0.00000113. The molecule has 0 fully saturated rings. The van der Waals surface area contributed by atoms with Crippen molar-refractivity contribution in [3.05, 3.63) is 59.5 Å². The lowest BCUT2D eigenvalue weighted by Crippen LogP contribution is -2.19. The maximum Gasteiger partial charge on any atom is 0.144 e. The summed E-state index contributed by atoms with van der Waals surface area (Å²) in [5.41, 5.74) is 7.84. The minimum Gasteiger partial charge on any atom is -0.404 e. The van der Waals surface area contributed by atoms with Crippen LogP contribution in [-0.2, 0) is 6.54 Å². The van der Waals surface area contributed by atoms with Crippen LogP contribution in [0.5, 0.6) is 0 Å². The molecule has 1 aromatic carbocycles. The van der Waals surface area contributed by atoms with E-state index in [4.69, 9.17) is 11.1 Å². The van der Waals surface area contributed by atoms with E-state index in [1.165, 1.54) is 24.5 Å². The van der Waals surface area contributed by atoms with Crippen molar-refractivity contribution in [2.24, 2.45) is 15.7 Å². The number of aliphatic imine (C=N–C) groups is 2. The molecule has 5 N–H and O–H groups in total. The highest BCUT2D eigenvalue weighted by Gasteiger charge is 2.08. The molecule has 0 radical (unpaired) electrons. The summed E-state index contributed by atoms with van der Waals surface area (Å²) in [4.78, 5) is 13.1. The summed E-state index contributed by atoms with van der Waals surface area (Å²) >= 11 is 0. The quantitative estimate of drug-likeness (QED) is 0.501. The van der Waals surface area contributed by atoms with Gasteiger partial charge in [0.05, 0.1) is 19.3 Å². The summed E-state index contributed by atoms with van der Waals surface area (Å²) in [6, 6.07) is 9.84. The molecule has 0 saturated heterocycles. The molecule has 0 saturated carbocycles. The zero-order chi connectivity index (χ0) is 23.1. The third-order valence-corrected chi connectivity index (χ3v) is 3.86. The fourth-order valence-corrected chi connectivity index (χ4v) is 2.50. The fourth-order valence-electron chi connectivity index (χ4n) is 2.50. The van der Waals surface area contributed by atoms with Gasteiger partial charge in [-0.15, -0.1) is 0 Å². The predicted octanol–water partition coefficient (Wildman–Crippen LogP) is 4.73. The highest BCUT2D eigenvalue weighted by atomic mass is 19.1. The summed E-state index contributed by atoms with van der Waals surface area (Å²) < 4.78 is 13.0. The normalized spacial score (nSPS) is 12.4. The number of nitrogens with two attached hydrogens (primary N) is 1. The zero-order valence-corrected chi connectivity index (χ0v) is 18.6. The van der Waals surface area contributed by atoms with Gasteiger partial charge in [-0.25, -0.2) is 9.37 Å². The average molecular weight is 426 g/mol. The van der Waals surface area contributed by atoms with Crippen LogP contribution in [-0.4, -0.2) is 36.3 Å². The Morgan fingerprint density at radius 1 is 1.10 bits per heavy atom. The topological polar surface area (TPSA) is 112 Å². The Bertz CT molecular complexity index is 903. The van der Waals surface area contributed by atoms with E-state index < -0.39 is 0 Å². The van der Waals surface area contributed by atoms with Crippen molar-refractivity contribution in [2.75, 3.05) is 23.7 Å². The molecule has 8 heteroatoms. The number of hydrogen-bond acceptors (Lipinski definition) is 7. The second kappa shape index (κ2) is 14.4. The smallest absolute Gasteiger partial charge is 0.144 e. The number of allylic oxidation sites excluding steroid dienone is 1. The van der Waals surface area contributed by atoms with E-state index in [9.17, 15) is 4.39 Å². The number of benzene rings is 1. The first-order valence-electron chi connectivity index (χ1n) is 10.4. The summed E-state index contributed by atoms with van der Waals surface area (Å²) in [5.74, 6) is 1.50. The second-order valence-corrected chi connectivity index (χ2v) is 5.80. The van der Waals surface area contributed by atoms with Gasteiger partial charge < -0.3 is 21.8 Å². The van der Waals surface area contributed by atoms with Gasteiger partial charge in [0, 0.05) is 24.5 Å². The largest absolute Gasteiger partial charge is 0.404 e. The minimum absolute atomic E-state index is 0.274. The maximum absolute atomic E-state index is 13.0. The molecule has 2 heterocycles. The Kier molecular flexibility index (Phi) is 11.9. The highest BCUT2D eigenvalue weighted by Crippen LogP contribution is 2.21. The van der Waals surface area contributed by atoms with Crippen molar-refractivity contribution >= 4 is 35.5 Å². The SMILES string of the molecule is CC.CC.N=C/C(=C\N)c1cc(NCc2ccc(F)cc2)nc(NC2=NCCN=C2)c1. The predicted molar refractivity (Wildman–Crippen MR) is 131 cm³/mol. The molecule has 1 aliphatic rings. The summed E-state index contributed by atoms with van der Waals surface area (Å²) in [6.07, 6.45) is 4.22. The monoisotopic (exact) mass is 425 g/mol. The standard InChI is InChI=1S/C19H20FN7.2C2H6/c20-16-3-1-13(2-4-16)11-25-17-7-14(15(9-21)10-22)8-18(26-17)27-19-12-23-5-6-24-19;2*1-2/h1-4,7-10,12,21H,5-6,11,22H2,(H2,24,25,26,27);2*1-2H3/b15-10+,21-9?;;. The van der Waals surface area contributed by atoms with Gasteiger partial charge in [0.15, 0.2) is 0 Å².